The van der Waals surface area contributed by atoms with E-state index in [0.717, 1.165) is 0 Å². The molecule has 0 aromatic carbocycles. The van der Waals surface area contributed by atoms with Gasteiger partial charge in [0.2, 0.25) is 5.91 Å². The molecular weight excluding hydrogens is 388 g/mol. The molecule has 162 valence electrons. The monoisotopic (exact) mass is 414 g/mol. The van der Waals surface area contributed by atoms with Crippen molar-refractivity contribution < 1.29 is 43.0 Å². The highest BCUT2D eigenvalue weighted by Crippen LogP contribution is 2.12. The number of ether oxygens (including phenoxy) is 4. The Kier molecular flexibility index (Phi) is 13.0. The Bertz CT molecular complexity index is 572. The van der Waals surface area contributed by atoms with E-state index >= 15 is 0 Å². The second-order valence-electron chi connectivity index (χ2n) is 5.68. The summed E-state index contributed by atoms with van der Waals surface area (Å²) in [6.45, 7) is 2.07. The quantitative estimate of drug-likeness (QED) is 0.188. The molecule has 0 atom stereocenters. The maximum Gasteiger partial charge on any atom is 0.335 e. The lowest BCUT2D eigenvalue weighted by atomic mass is 10.4. The van der Waals surface area contributed by atoms with Crippen LogP contribution in [0.1, 0.15) is 19.3 Å². The van der Waals surface area contributed by atoms with Gasteiger partial charge in [-0.1, -0.05) is 5.92 Å². The number of amides is 3. The number of hydroxylamine groups is 2. The molecule has 0 aromatic rings. The fourth-order valence-electron chi connectivity index (χ4n) is 2.02. The van der Waals surface area contributed by atoms with Gasteiger partial charge in [0.05, 0.1) is 46.1 Å². The van der Waals surface area contributed by atoms with E-state index in [0.29, 0.717) is 38.0 Å². The van der Waals surface area contributed by atoms with Gasteiger partial charge in [0.1, 0.15) is 13.2 Å². The highest BCUT2D eigenvalue weighted by molar-refractivity contribution is 6.01. The smallest absolute Gasteiger partial charge is 0.335 e. The summed E-state index contributed by atoms with van der Waals surface area (Å²) in [6.07, 6.45) is 5.02. The van der Waals surface area contributed by atoms with E-state index < -0.39 is 17.8 Å². The zero-order valence-corrected chi connectivity index (χ0v) is 16.2. The van der Waals surface area contributed by atoms with E-state index in [-0.39, 0.29) is 51.6 Å². The maximum atomic E-state index is 11.5. The van der Waals surface area contributed by atoms with Crippen molar-refractivity contribution >= 4 is 23.7 Å². The van der Waals surface area contributed by atoms with Crippen LogP contribution < -0.4 is 5.32 Å². The maximum absolute atomic E-state index is 11.5. The number of carbonyl (C=O) groups excluding carboxylic acids is 4. The molecule has 1 saturated heterocycles. The van der Waals surface area contributed by atoms with Crippen molar-refractivity contribution in [2.45, 2.75) is 19.3 Å². The number of hydrogen-bond donors (Lipinski definition) is 1. The lowest BCUT2D eigenvalue weighted by molar-refractivity contribution is -0.198. The normalized spacial score (nSPS) is 13.4. The molecule has 0 radical (unpaired) electrons. The van der Waals surface area contributed by atoms with Crippen LogP contribution in [0.3, 0.4) is 0 Å². The van der Waals surface area contributed by atoms with Gasteiger partial charge in [-0.15, -0.1) is 11.5 Å². The number of hydrogen-bond acceptors (Lipinski definition) is 9. The predicted molar refractivity (Wildman–Crippen MR) is 96.9 cm³/mol. The van der Waals surface area contributed by atoms with Crippen molar-refractivity contribution in [1.29, 1.82) is 0 Å². The van der Waals surface area contributed by atoms with E-state index in [2.05, 4.69) is 11.2 Å². The van der Waals surface area contributed by atoms with Gasteiger partial charge in [0, 0.05) is 19.4 Å². The minimum atomic E-state index is -0.711. The first-order valence-electron chi connectivity index (χ1n) is 9.12. The van der Waals surface area contributed by atoms with Crippen LogP contribution in [0, 0.1) is 12.3 Å². The van der Waals surface area contributed by atoms with Crippen LogP contribution in [0.5, 0.6) is 0 Å². The van der Waals surface area contributed by atoms with E-state index in [9.17, 15) is 19.2 Å². The molecule has 11 nitrogen and oxygen atoms in total. The fraction of sp³-hybridized carbons (Fsp3) is 0.667. The summed E-state index contributed by atoms with van der Waals surface area (Å²) in [7, 11) is 0. The topological polar surface area (TPSA) is 130 Å². The summed E-state index contributed by atoms with van der Waals surface area (Å²) >= 11 is 0. The highest BCUT2D eigenvalue weighted by Gasteiger charge is 2.32. The van der Waals surface area contributed by atoms with Crippen LogP contribution in [0.2, 0.25) is 0 Å². The third-order valence-corrected chi connectivity index (χ3v) is 3.38. The van der Waals surface area contributed by atoms with Crippen molar-refractivity contribution in [3.63, 3.8) is 0 Å². The van der Waals surface area contributed by atoms with Crippen molar-refractivity contribution in [3.8, 4) is 12.3 Å². The van der Waals surface area contributed by atoms with Crippen LogP contribution in [-0.4, -0.2) is 88.2 Å². The first-order chi connectivity index (χ1) is 14.0. The molecule has 0 bridgehead atoms. The molecule has 0 aromatic heterocycles. The van der Waals surface area contributed by atoms with Crippen LogP contribution in [0.25, 0.3) is 0 Å². The summed E-state index contributed by atoms with van der Waals surface area (Å²) in [5.41, 5.74) is 0. The molecule has 1 fully saturated rings. The molecular formula is C18H26N2O9. The van der Waals surface area contributed by atoms with Crippen molar-refractivity contribution in [1.82, 2.24) is 10.4 Å². The number of nitrogens with one attached hydrogen (secondary N) is 1. The van der Waals surface area contributed by atoms with Gasteiger partial charge in [-0.3, -0.25) is 14.4 Å². The minimum absolute atomic E-state index is 0.0560. The third-order valence-electron chi connectivity index (χ3n) is 3.38. The van der Waals surface area contributed by atoms with E-state index in [4.69, 9.17) is 30.2 Å². The zero-order valence-electron chi connectivity index (χ0n) is 16.2. The summed E-state index contributed by atoms with van der Waals surface area (Å²) < 4.78 is 20.6. The standard InChI is InChI=1S/C18H26N2O9/c1-2-7-28-14-15(21)19-6-9-26-11-13-27-12-10-25-8-5-18(24)29-20-16(22)3-4-17(20)23/h1H,3-14H2,(H,19,21). The van der Waals surface area contributed by atoms with Gasteiger partial charge in [0.25, 0.3) is 11.8 Å². The van der Waals surface area contributed by atoms with Gasteiger partial charge in [-0.2, -0.15) is 0 Å². The number of terminal acetylenes is 1. The SMILES string of the molecule is C#CCOCC(=O)NCCOCCOCCOCCC(=O)ON1C(=O)CCC1=O. The molecule has 11 heteroatoms. The van der Waals surface area contributed by atoms with E-state index in [1.165, 1.54) is 0 Å². The third kappa shape index (κ3) is 11.8. The first-order valence-corrected chi connectivity index (χ1v) is 9.12. The van der Waals surface area contributed by atoms with Crippen LogP contribution in [0.4, 0.5) is 0 Å². The minimum Gasteiger partial charge on any atom is -0.378 e. The van der Waals surface area contributed by atoms with Gasteiger partial charge >= 0.3 is 5.97 Å². The number of nitrogens with zero attached hydrogens (tertiary/aromatic N) is 1. The Morgan fingerprint density at radius 3 is 2.14 bits per heavy atom. The summed E-state index contributed by atoms with van der Waals surface area (Å²) in [4.78, 5) is 50.1. The number of carbonyl (C=O) groups is 4. The Hall–Kier alpha value is -2.52. The first kappa shape index (κ1) is 24.5. The highest BCUT2D eigenvalue weighted by atomic mass is 16.7. The van der Waals surface area contributed by atoms with Crippen molar-refractivity contribution in [3.05, 3.63) is 0 Å². The predicted octanol–water partition coefficient (Wildman–Crippen LogP) is -1.20. The van der Waals surface area contributed by atoms with Gasteiger partial charge < -0.3 is 29.1 Å². The Morgan fingerprint density at radius 2 is 1.52 bits per heavy atom. The second-order valence-corrected chi connectivity index (χ2v) is 5.68. The molecule has 1 N–H and O–H groups in total. The summed E-state index contributed by atoms with van der Waals surface area (Å²) in [5, 5.41) is 3.11. The summed E-state index contributed by atoms with van der Waals surface area (Å²) in [5.74, 6) is 0.252. The summed E-state index contributed by atoms with van der Waals surface area (Å²) in [6, 6.07) is 0. The Labute approximate surface area is 168 Å². The van der Waals surface area contributed by atoms with Crippen LogP contribution >= 0.6 is 0 Å². The van der Waals surface area contributed by atoms with Gasteiger partial charge in [0.15, 0.2) is 0 Å². The van der Waals surface area contributed by atoms with Crippen molar-refractivity contribution in [2.75, 3.05) is 59.4 Å². The molecule has 0 spiro atoms. The van der Waals surface area contributed by atoms with Crippen LogP contribution in [0.15, 0.2) is 0 Å². The molecule has 0 unspecified atom stereocenters. The number of imide groups is 1. The molecule has 29 heavy (non-hydrogen) atoms. The van der Waals surface area contributed by atoms with E-state index in [1.807, 2.05) is 0 Å². The molecule has 0 aliphatic carbocycles. The lowest BCUT2D eigenvalue weighted by Gasteiger charge is -2.12. The van der Waals surface area contributed by atoms with Crippen LogP contribution in [-0.2, 0) is 43.0 Å². The van der Waals surface area contributed by atoms with Gasteiger partial charge in [-0.25, -0.2) is 4.79 Å². The average molecular weight is 414 g/mol. The second kappa shape index (κ2) is 15.4. The fourth-order valence-corrected chi connectivity index (χ4v) is 2.02. The molecule has 1 aliphatic rings. The molecule has 0 saturated carbocycles. The lowest BCUT2D eigenvalue weighted by Crippen LogP contribution is -2.32. The molecule has 1 rings (SSSR count). The largest absolute Gasteiger partial charge is 0.378 e. The average Bonchev–Trinajstić information content (AvgIpc) is 3.01. The zero-order chi connectivity index (χ0) is 21.3. The van der Waals surface area contributed by atoms with Crippen molar-refractivity contribution in [2.24, 2.45) is 0 Å². The van der Waals surface area contributed by atoms with Gasteiger partial charge in [-0.05, 0) is 0 Å². The Morgan fingerprint density at radius 1 is 0.931 bits per heavy atom. The van der Waals surface area contributed by atoms with E-state index in [1.54, 1.807) is 0 Å². The number of rotatable bonds is 16. The molecule has 1 heterocycles. The Balaban J connectivity index is 1.84. The molecule has 3 amide bonds. The molecule has 1 aliphatic heterocycles.